The molecular weight excluding hydrogens is 294 g/mol. The summed E-state index contributed by atoms with van der Waals surface area (Å²) in [5.41, 5.74) is 1.01. The number of nitrogens with zero attached hydrogens (tertiary/aromatic N) is 2. The van der Waals surface area contributed by atoms with Gasteiger partial charge >= 0.3 is 0 Å². The van der Waals surface area contributed by atoms with Crippen molar-refractivity contribution in [2.75, 3.05) is 5.32 Å². The maximum atomic E-state index is 11.9. The highest BCUT2D eigenvalue weighted by Gasteiger charge is 2.03. The fraction of sp³-hybridized carbons (Fsp3) is 0.231. The Bertz CT molecular complexity index is 595. The third kappa shape index (κ3) is 2.98. The molecule has 0 saturated carbocycles. The minimum atomic E-state index is -0.0880. The lowest BCUT2D eigenvalue weighted by molar-refractivity contribution is 0.718. The molecule has 0 unspecified atom stereocenters. The Morgan fingerprint density at radius 1 is 1.44 bits per heavy atom. The van der Waals surface area contributed by atoms with Gasteiger partial charge in [-0.3, -0.25) is 4.79 Å². The van der Waals surface area contributed by atoms with Crippen molar-refractivity contribution >= 4 is 21.7 Å². The zero-order valence-corrected chi connectivity index (χ0v) is 11.6. The number of halogens is 1. The van der Waals surface area contributed by atoms with Crippen LogP contribution in [0.4, 0.5) is 5.82 Å². The average molecular weight is 308 g/mol. The molecule has 0 aliphatic carbocycles. The Labute approximate surface area is 114 Å². The summed E-state index contributed by atoms with van der Waals surface area (Å²) >= 11 is 3.42. The summed E-state index contributed by atoms with van der Waals surface area (Å²) in [5.74, 6) is 0.388. The van der Waals surface area contributed by atoms with E-state index in [-0.39, 0.29) is 5.56 Å². The summed E-state index contributed by atoms with van der Waals surface area (Å²) in [7, 11) is 0. The van der Waals surface area contributed by atoms with Gasteiger partial charge in [-0.2, -0.15) is 0 Å². The third-order valence-electron chi connectivity index (χ3n) is 2.60. The quantitative estimate of drug-likeness (QED) is 0.944. The Hall–Kier alpha value is -1.62. The van der Waals surface area contributed by atoms with Gasteiger partial charge in [-0.1, -0.05) is 28.1 Å². The number of hydrogen-bond donors (Lipinski definition) is 1. The lowest BCUT2D eigenvalue weighted by atomic mass is 10.2. The molecular formula is C13H14BrN3O. The first-order valence-corrected chi connectivity index (χ1v) is 6.53. The summed E-state index contributed by atoms with van der Waals surface area (Å²) in [4.78, 5) is 16.0. The van der Waals surface area contributed by atoms with E-state index in [0.717, 1.165) is 10.0 Å². The molecule has 5 heteroatoms. The Kier molecular flexibility index (Phi) is 4.15. The Morgan fingerprint density at radius 3 is 3.00 bits per heavy atom. The van der Waals surface area contributed by atoms with Gasteiger partial charge in [-0.25, -0.2) is 4.98 Å². The second kappa shape index (κ2) is 5.82. The number of rotatable bonds is 4. The normalized spacial score (nSPS) is 10.3. The van der Waals surface area contributed by atoms with E-state index in [2.05, 4.69) is 26.2 Å². The highest BCUT2D eigenvalue weighted by atomic mass is 79.9. The zero-order valence-electron chi connectivity index (χ0n) is 10.1. The van der Waals surface area contributed by atoms with E-state index < -0.39 is 0 Å². The second-order valence-corrected chi connectivity index (χ2v) is 4.77. The standard InChI is InChI=1S/C13H14BrN3O/c1-2-17-7-6-15-12(13(17)18)16-9-10-4-3-5-11(14)8-10/h3-8H,2,9H2,1H3,(H,15,16). The van der Waals surface area contributed by atoms with Crippen LogP contribution in [0.5, 0.6) is 0 Å². The van der Waals surface area contributed by atoms with Gasteiger partial charge in [-0.15, -0.1) is 0 Å². The van der Waals surface area contributed by atoms with Gasteiger partial charge in [0.1, 0.15) is 0 Å². The summed E-state index contributed by atoms with van der Waals surface area (Å²) in [6.07, 6.45) is 3.32. The van der Waals surface area contributed by atoms with Crippen molar-refractivity contribution in [3.63, 3.8) is 0 Å². The SMILES string of the molecule is CCn1ccnc(NCc2cccc(Br)c2)c1=O. The molecule has 0 saturated heterocycles. The number of benzene rings is 1. The fourth-order valence-electron chi connectivity index (χ4n) is 1.65. The van der Waals surface area contributed by atoms with Gasteiger partial charge in [0.2, 0.25) is 0 Å². The minimum absolute atomic E-state index is 0.0880. The van der Waals surface area contributed by atoms with Crippen LogP contribution in [0.15, 0.2) is 45.9 Å². The molecule has 0 bridgehead atoms. The van der Waals surface area contributed by atoms with E-state index in [9.17, 15) is 4.79 Å². The van der Waals surface area contributed by atoms with Gasteiger partial charge in [0.25, 0.3) is 5.56 Å². The molecule has 1 N–H and O–H groups in total. The predicted molar refractivity (Wildman–Crippen MR) is 75.6 cm³/mol. The molecule has 1 heterocycles. The first-order chi connectivity index (χ1) is 8.70. The molecule has 4 nitrogen and oxygen atoms in total. The van der Waals surface area contributed by atoms with Crippen LogP contribution in [-0.2, 0) is 13.1 Å². The number of aryl methyl sites for hydroxylation is 1. The summed E-state index contributed by atoms with van der Waals surface area (Å²) < 4.78 is 2.64. The van der Waals surface area contributed by atoms with Crippen molar-refractivity contribution in [3.8, 4) is 0 Å². The largest absolute Gasteiger partial charge is 0.361 e. The van der Waals surface area contributed by atoms with Crippen molar-refractivity contribution in [2.24, 2.45) is 0 Å². The third-order valence-corrected chi connectivity index (χ3v) is 3.10. The van der Waals surface area contributed by atoms with Gasteiger partial charge in [0.15, 0.2) is 5.82 Å². The van der Waals surface area contributed by atoms with E-state index in [1.54, 1.807) is 17.0 Å². The number of aromatic nitrogens is 2. The van der Waals surface area contributed by atoms with Crippen molar-refractivity contribution < 1.29 is 0 Å². The monoisotopic (exact) mass is 307 g/mol. The fourth-order valence-corrected chi connectivity index (χ4v) is 2.10. The lowest BCUT2D eigenvalue weighted by Gasteiger charge is -2.07. The second-order valence-electron chi connectivity index (χ2n) is 3.85. The molecule has 94 valence electrons. The average Bonchev–Trinajstić information content (AvgIpc) is 2.38. The van der Waals surface area contributed by atoms with Crippen molar-refractivity contribution in [3.05, 3.63) is 57.0 Å². The minimum Gasteiger partial charge on any atom is -0.361 e. The van der Waals surface area contributed by atoms with Crippen LogP contribution in [0.1, 0.15) is 12.5 Å². The van der Waals surface area contributed by atoms with E-state index in [0.29, 0.717) is 18.9 Å². The zero-order chi connectivity index (χ0) is 13.0. The Morgan fingerprint density at radius 2 is 2.28 bits per heavy atom. The molecule has 2 rings (SSSR count). The van der Waals surface area contributed by atoms with Crippen LogP contribution >= 0.6 is 15.9 Å². The van der Waals surface area contributed by atoms with Crippen LogP contribution in [0.3, 0.4) is 0 Å². The molecule has 1 aromatic heterocycles. The van der Waals surface area contributed by atoms with Crippen LogP contribution in [0.25, 0.3) is 0 Å². The molecule has 0 fully saturated rings. The molecule has 1 aromatic carbocycles. The molecule has 18 heavy (non-hydrogen) atoms. The van der Waals surface area contributed by atoms with Crippen LogP contribution < -0.4 is 10.9 Å². The van der Waals surface area contributed by atoms with Gasteiger partial charge in [0, 0.05) is 30.0 Å². The van der Waals surface area contributed by atoms with Crippen LogP contribution in [0.2, 0.25) is 0 Å². The van der Waals surface area contributed by atoms with E-state index in [1.807, 2.05) is 31.2 Å². The summed E-state index contributed by atoms with van der Waals surface area (Å²) in [6, 6.07) is 7.94. The molecule has 0 spiro atoms. The van der Waals surface area contributed by atoms with Crippen molar-refractivity contribution in [1.82, 2.24) is 9.55 Å². The van der Waals surface area contributed by atoms with E-state index >= 15 is 0 Å². The van der Waals surface area contributed by atoms with Crippen LogP contribution in [0, 0.1) is 0 Å². The molecule has 2 aromatic rings. The first kappa shape index (κ1) is 12.8. The van der Waals surface area contributed by atoms with E-state index in [1.165, 1.54) is 0 Å². The summed E-state index contributed by atoms with van der Waals surface area (Å²) in [6.45, 7) is 3.15. The molecule has 0 radical (unpaired) electrons. The molecule has 0 atom stereocenters. The highest BCUT2D eigenvalue weighted by molar-refractivity contribution is 9.10. The maximum Gasteiger partial charge on any atom is 0.293 e. The van der Waals surface area contributed by atoms with Gasteiger partial charge < -0.3 is 9.88 Å². The number of nitrogens with one attached hydrogen (secondary N) is 1. The summed E-state index contributed by atoms with van der Waals surface area (Å²) in [5, 5.41) is 3.07. The first-order valence-electron chi connectivity index (χ1n) is 5.74. The number of anilines is 1. The van der Waals surface area contributed by atoms with Gasteiger partial charge in [0.05, 0.1) is 0 Å². The lowest BCUT2D eigenvalue weighted by Crippen LogP contribution is -2.23. The van der Waals surface area contributed by atoms with Crippen molar-refractivity contribution in [2.45, 2.75) is 20.0 Å². The van der Waals surface area contributed by atoms with E-state index in [4.69, 9.17) is 0 Å². The Balaban J connectivity index is 2.13. The van der Waals surface area contributed by atoms with Crippen LogP contribution in [-0.4, -0.2) is 9.55 Å². The highest BCUT2D eigenvalue weighted by Crippen LogP contribution is 2.12. The van der Waals surface area contributed by atoms with Crippen molar-refractivity contribution in [1.29, 1.82) is 0 Å². The molecule has 0 aliphatic rings. The smallest absolute Gasteiger partial charge is 0.293 e. The number of hydrogen-bond acceptors (Lipinski definition) is 3. The molecule has 0 amide bonds. The van der Waals surface area contributed by atoms with Gasteiger partial charge in [-0.05, 0) is 24.6 Å². The predicted octanol–water partition coefficient (Wildman–Crippen LogP) is 2.64. The maximum absolute atomic E-state index is 11.9. The topological polar surface area (TPSA) is 46.9 Å². The molecule has 0 aliphatic heterocycles.